The second-order valence-corrected chi connectivity index (χ2v) is 6.53. The van der Waals surface area contributed by atoms with Crippen LogP contribution in [-0.2, 0) is 4.79 Å². The molecule has 2 fully saturated rings. The van der Waals surface area contributed by atoms with Crippen molar-refractivity contribution in [2.45, 2.75) is 49.7 Å². The third-order valence-corrected chi connectivity index (χ3v) is 4.41. The van der Waals surface area contributed by atoms with Crippen molar-refractivity contribution >= 4 is 17.5 Å². The number of Topliss-reactive ketones (excluding diaryl/α,β-unsaturated/α-hetero) is 1. The van der Waals surface area contributed by atoms with Crippen molar-refractivity contribution in [3.8, 4) is 0 Å². The third kappa shape index (κ3) is 2.31. The Morgan fingerprint density at radius 1 is 1.29 bits per heavy atom. The molecule has 1 heterocycles. The van der Waals surface area contributed by atoms with Crippen molar-refractivity contribution in [1.29, 1.82) is 0 Å². The molecule has 80 valence electrons. The van der Waals surface area contributed by atoms with E-state index in [4.69, 9.17) is 0 Å². The van der Waals surface area contributed by atoms with Gasteiger partial charge in [0.1, 0.15) is 5.78 Å². The van der Waals surface area contributed by atoms with Crippen LogP contribution in [0.1, 0.15) is 33.1 Å². The lowest BCUT2D eigenvalue weighted by Crippen LogP contribution is -2.45. The fourth-order valence-corrected chi connectivity index (χ4v) is 3.97. The zero-order chi connectivity index (χ0) is 10.1. The van der Waals surface area contributed by atoms with Gasteiger partial charge in [0.2, 0.25) is 0 Å². The van der Waals surface area contributed by atoms with Gasteiger partial charge in [0.25, 0.3) is 0 Å². The van der Waals surface area contributed by atoms with Gasteiger partial charge in [-0.1, -0.05) is 13.8 Å². The van der Waals surface area contributed by atoms with E-state index in [1.165, 1.54) is 13.1 Å². The molecule has 0 radical (unpaired) electrons. The van der Waals surface area contributed by atoms with Gasteiger partial charge in [-0.2, -0.15) is 11.8 Å². The largest absolute Gasteiger partial charge is 0.300 e. The zero-order valence-electron chi connectivity index (χ0n) is 9.03. The predicted molar refractivity (Wildman–Crippen MR) is 60.7 cm³/mol. The Balaban J connectivity index is 1.93. The van der Waals surface area contributed by atoms with Gasteiger partial charge in [0.05, 0.1) is 0 Å². The molecule has 0 aromatic heterocycles. The number of rotatable bonds is 1. The Morgan fingerprint density at radius 2 is 1.93 bits per heavy atom. The summed E-state index contributed by atoms with van der Waals surface area (Å²) in [6, 6.07) is 0.563. The minimum absolute atomic E-state index is 0.466. The maximum Gasteiger partial charge on any atom is 0.134 e. The van der Waals surface area contributed by atoms with E-state index in [1.807, 2.05) is 0 Å². The summed E-state index contributed by atoms with van der Waals surface area (Å²) in [5, 5.41) is 1.46. The van der Waals surface area contributed by atoms with E-state index in [0.29, 0.717) is 11.8 Å². The quantitative estimate of drug-likeness (QED) is 0.664. The molecule has 1 aliphatic heterocycles. The van der Waals surface area contributed by atoms with Gasteiger partial charge in [-0.3, -0.25) is 9.69 Å². The number of ketones is 1. The van der Waals surface area contributed by atoms with E-state index >= 15 is 0 Å². The Labute approximate surface area is 90.4 Å². The van der Waals surface area contributed by atoms with Gasteiger partial charge >= 0.3 is 0 Å². The van der Waals surface area contributed by atoms with Crippen LogP contribution in [0.3, 0.4) is 0 Å². The molecule has 3 heteroatoms. The molecule has 1 saturated carbocycles. The third-order valence-electron chi connectivity index (χ3n) is 3.18. The molecule has 2 aliphatic rings. The molecule has 0 aromatic carbocycles. The molecule has 1 aliphatic carbocycles. The summed E-state index contributed by atoms with van der Waals surface area (Å²) in [5.74, 6) is 0.466. The lowest BCUT2D eigenvalue weighted by Gasteiger charge is -2.38. The minimum atomic E-state index is 0.466. The fourth-order valence-electron chi connectivity index (χ4n) is 2.62. The SMILES string of the molecule is CC1CN(C2CCC(=O)C2)CC(C)S1. The minimum Gasteiger partial charge on any atom is -0.300 e. The van der Waals surface area contributed by atoms with Gasteiger partial charge in [-0.05, 0) is 6.42 Å². The van der Waals surface area contributed by atoms with Crippen molar-refractivity contribution < 1.29 is 4.79 Å². The monoisotopic (exact) mass is 213 g/mol. The lowest BCUT2D eigenvalue weighted by molar-refractivity contribution is -0.117. The first kappa shape index (κ1) is 10.5. The van der Waals surface area contributed by atoms with Gasteiger partial charge in [0.15, 0.2) is 0 Å². The molecule has 0 aromatic rings. The van der Waals surface area contributed by atoms with Crippen molar-refractivity contribution in [2.75, 3.05) is 13.1 Å². The Kier molecular flexibility index (Phi) is 3.17. The predicted octanol–water partition coefficient (Wildman–Crippen LogP) is 1.93. The molecule has 0 bridgehead atoms. The molecule has 3 atom stereocenters. The first-order valence-electron chi connectivity index (χ1n) is 5.56. The van der Waals surface area contributed by atoms with Gasteiger partial charge in [0, 0.05) is 42.5 Å². The van der Waals surface area contributed by atoms with E-state index in [1.54, 1.807) is 0 Å². The van der Waals surface area contributed by atoms with E-state index in [0.717, 1.165) is 29.8 Å². The Bertz CT molecular complexity index is 221. The van der Waals surface area contributed by atoms with Crippen LogP contribution in [0.4, 0.5) is 0 Å². The number of hydrogen-bond acceptors (Lipinski definition) is 3. The summed E-state index contributed by atoms with van der Waals surface area (Å²) in [6.07, 6.45) is 2.73. The molecule has 0 amide bonds. The summed E-state index contributed by atoms with van der Waals surface area (Å²) in [7, 11) is 0. The number of nitrogens with zero attached hydrogens (tertiary/aromatic N) is 1. The van der Waals surface area contributed by atoms with Crippen molar-refractivity contribution in [3.05, 3.63) is 0 Å². The second-order valence-electron chi connectivity index (χ2n) is 4.65. The molecule has 0 spiro atoms. The molecule has 2 rings (SSSR count). The van der Waals surface area contributed by atoms with Crippen LogP contribution in [0.15, 0.2) is 0 Å². The zero-order valence-corrected chi connectivity index (χ0v) is 9.85. The molecular formula is C11H19NOS. The van der Waals surface area contributed by atoms with E-state index < -0.39 is 0 Å². The van der Waals surface area contributed by atoms with E-state index in [-0.39, 0.29) is 0 Å². The smallest absolute Gasteiger partial charge is 0.134 e. The van der Waals surface area contributed by atoms with Gasteiger partial charge in [-0.15, -0.1) is 0 Å². The second kappa shape index (κ2) is 4.23. The maximum atomic E-state index is 11.2. The topological polar surface area (TPSA) is 20.3 Å². The van der Waals surface area contributed by atoms with Crippen LogP contribution in [0.5, 0.6) is 0 Å². The van der Waals surface area contributed by atoms with Crippen molar-refractivity contribution in [3.63, 3.8) is 0 Å². The van der Waals surface area contributed by atoms with E-state index in [9.17, 15) is 4.79 Å². The average molecular weight is 213 g/mol. The van der Waals surface area contributed by atoms with Gasteiger partial charge < -0.3 is 0 Å². The average Bonchev–Trinajstić information content (AvgIpc) is 2.50. The van der Waals surface area contributed by atoms with E-state index in [2.05, 4.69) is 30.5 Å². The van der Waals surface area contributed by atoms with Crippen LogP contribution >= 0.6 is 11.8 Å². The van der Waals surface area contributed by atoms with Crippen molar-refractivity contribution in [1.82, 2.24) is 4.90 Å². The molecule has 14 heavy (non-hydrogen) atoms. The van der Waals surface area contributed by atoms with Crippen LogP contribution < -0.4 is 0 Å². The summed E-state index contributed by atoms with van der Waals surface area (Å²) in [5.41, 5.74) is 0. The summed E-state index contributed by atoms with van der Waals surface area (Å²) in [4.78, 5) is 13.8. The molecule has 1 saturated heterocycles. The summed E-state index contributed by atoms with van der Waals surface area (Å²) in [6.45, 7) is 6.94. The van der Waals surface area contributed by atoms with Crippen LogP contribution in [0.2, 0.25) is 0 Å². The highest BCUT2D eigenvalue weighted by atomic mass is 32.2. The molecule has 3 unspecified atom stereocenters. The number of carbonyl (C=O) groups is 1. The standard InChI is InChI=1S/C11H19NOS/c1-8-6-12(7-9(2)14-8)10-3-4-11(13)5-10/h8-10H,3-7H2,1-2H3. The number of hydrogen-bond donors (Lipinski definition) is 0. The Hall–Kier alpha value is -0.0200. The molecule has 0 N–H and O–H groups in total. The lowest BCUT2D eigenvalue weighted by atomic mass is 10.2. The maximum absolute atomic E-state index is 11.2. The van der Waals surface area contributed by atoms with Crippen LogP contribution in [0.25, 0.3) is 0 Å². The highest BCUT2D eigenvalue weighted by molar-refractivity contribution is 8.00. The van der Waals surface area contributed by atoms with Crippen molar-refractivity contribution in [2.24, 2.45) is 0 Å². The first-order chi connectivity index (χ1) is 6.65. The number of thioether (sulfide) groups is 1. The number of carbonyl (C=O) groups excluding carboxylic acids is 1. The summed E-state index contributed by atoms with van der Waals surface area (Å²) >= 11 is 2.08. The highest BCUT2D eigenvalue weighted by Crippen LogP contribution is 2.30. The molecule has 2 nitrogen and oxygen atoms in total. The fraction of sp³-hybridized carbons (Fsp3) is 0.909. The van der Waals surface area contributed by atoms with Crippen LogP contribution in [-0.4, -0.2) is 40.3 Å². The Morgan fingerprint density at radius 3 is 2.43 bits per heavy atom. The first-order valence-corrected chi connectivity index (χ1v) is 6.50. The summed E-state index contributed by atoms with van der Waals surface area (Å²) < 4.78 is 0. The van der Waals surface area contributed by atoms with Gasteiger partial charge in [-0.25, -0.2) is 0 Å². The highest BCUT2D eigenvalue weighted by Gasteiger charge is 2.32. The normalized spacial score (nSPS) is 40.4. The molecular weight excluding hydrogens is 194 g/mol. The van der Waals surface area contributed by atoms with Crippen LogP contribution in [0, 0.1) is 0 Å².